The van der Waals surface area contributed by atoms with Crippen molar-refractivity contribution in [3.63, 3.8) is 0 Å². The van der Waals surface area contributed by atoms with Gasteiger partial charge in [-0.25, -0.2) is 17.7 Å². The second-order valence-corrected chi connectivity index (χ2v) is 12.3. The van der Waals surface area contributed by atoms with E-state index in [1.165, 1.54) is 61.5 Å². The minimum absolute atomic E-state index is 0.0158. The maximum atomic E-state index is 12.8. The van der Waals surface area contributed by atoms with Crippen LogP contribution in [0.3, 0.4) is 0 Å². The summed E-state index contributed by atoms with van der Waals surface area (Å²) in [6.45, 7) is 0.0158. The molecular weight excluding hydrogens is 570 g/mol. The fourth-order valence-corrected chi connectivity index (χ4v) is 5.61. The van der Waals surface area contributed by atoms with E-state index in [2.05, 4.69) is 25.8 Å². The van der Waals surface area contributed by atoms with Crippen LogP contribution < -0.4 is 10.6 Å². The number of carbonyl (C=O) groups is 2. The zero-order chi connectivity index (χ0) is 27.3. The molecule has 0 spiro atoms. The quantitative estimate of drug-likeness (QED) is 0.268. The van der Waals surface area contributed by atoms with Crippen LogP contribution in [0.1, 0.15) is 16.2 Å². The number of sulfonamides is 1. The lowest BCUT2D eigenvalue weighted by molar-refractivity contribution is -0.113. The topological polar surface area (TPSA) is 139 Å². The Morgan fingerprint density at radius 3 is 2.55 bits per heavy atom. The lowest BCUT2D eigenvalue weighted by Gasteiger charge is -2.12. The molecule has 11 nitrogen and oxygen atoms in total. The van der Waals surface area contributed by atoms with Crippen LogP contribution in [0, 0.1) is 0 Å². The van der Waals surface area contributed by atoms with Crippen LogP contribution in [0.4, 0.5) is 5.13 Å². The van der Waals surface area contributed by atoms with Crippen LogP contribution in [0.5, 0.6) is 0 Å². The van der Waals surface area contributed by atoms with E-state index in [0.717, 1.165) is 4.31 Å². The third-order valence-corrected chi connectivity index (χ3v) is 8.76. The molecule has 4 rings (SSSR count). The Bertz CT molecular complexity index is 1540. The molecule has 0 saturated carbocycles. The maximum Gasteiger partial charge on any atom is 0.251 e. The summed E-state index contributed by atoms with van der Waals surface area (Å²) in [6.07, 6.45) is 1.60. The Balaban J connectivity index is 1.49. The van der Waals surface area contributed by atoms with Gasteiger partial charge < -0.3 is 10.6 Å². The second kappa shape index (κ2) is 12.0. The number of nitrogens with one attached hydrogen (secondary N) is 2. The summed E-state index contributed by atoms with van der Waals surface area (Å²) in [6, 6.07) is 12.7. The highest BCUT2D eigenvalue weighted by atomic mass is 35.5. The number of aromatic nitrogens is 4. The lowest BCUT2D eigenvalue weighted by atomic mass is 10.2. The van der Waals surface area contributed by atoms with Crippen LogP contribution in [0.15, 0.2) is 70.2 Å². The van der Waals surface area contributed by atoms with Crippen LogP contribution in [0.25, 0.3) is 5.69 Å². The third-order valence-electron chi connectivity index (χ3n) is 5.08. The fraction of sp³-hybridized carbons (Fsp3) is 0.174. The van der Waals surface area contributed by atoms with Gasteiger partial charge in [0.25, 0.3) is 5.91 Å². The van der Waals surface area contributed by atoms with E-state index in [-0.39, 0.29) is 28.7 Å². The number of hydrogen-bond acceptors (Lipinski definition) is 9. The van der Waals surface area contributed by atoms with Crippen LogP contribution in [-0.2, 0) is 21.4 Å². The first-order valence-electron chi connectivity index (χ1n) is 11.0. The van der Waals surface area contributed by atoms with Crippen LogP contribution in [-0.4, -0.2) is 64.1 Å². The van der Waals surface area contributed by atoms with Gasteiger partial charge in [0, 0.05) is 36.3 Å². The molecule has 4 aromatic rings. The summed E-state index contributed by atoms with van der Waals surface area (Å²) in [5, 5.41) is 17.1. The van der Waals surface area contributed by atoms with Gasteiger partial charge in [-0.1, -0.05) is 29.4 Å². The maximum absolute atomic E-state index is 12.8. The predicted molar refractivity (Wildman–Crippen MR) is 146 cm³/mol. The molecule has 0 aliphatic carbocycles. The van der Waals surface area contributed by atoms with E-state index >= 15 is 0 Å². The summed E-state index contributed by atoms with van der Waals surface area (Å²) >= 11 is 8.69. The summed E-state index contributed by atoms with van der Waals surface area (Å²) in [5.74, 6) is -0.195. The van der Waals surface area contributed by atoms with Gasteiger partial charge in [0.05, 0.1) is 22.9 Å². The number of thioether (sulfide) groups is 1. The fourth-order valence-electron chi connectivity index (χ4n) is 3.20. The van der Waals surface area contributed by atoms with E-state index in [4.69, 9.17) is 11.6 Å². The number of halogens is 1. The smallest absolute Gasteiger partial charge is 0.251 e. The molecule has 2 heterocycles. The van der Waals surface area contributed by atoms with Gasteiger partial charge >= 0.3 is 0 Å². The first-order chi connectivity index (χ1) is 18.1. The predicted octanol–water partition coefficient (Wildman–Crippen LogP) is 3.29. The molecule has 2 amide bonds. The molecule has 15 heteroatoms. The van der Waals surface area contributed by atoms with Crippen molar-refractivity contribution < 1.29 is 18.0 Å². The largest absolute Gasteiger partial charge is 0.345 e. The van der Waals surface area contributed by atoms with E-state index in [9.17, 15) is 18.0 Å². The molecule has 0 unspecified atom stereocenters. The van der Waals surface area contributed by atoms with Crippen molar-refractivity contribution in [3.8, 4) is 5.69 Å². The highest BCUT2D eigenvalue weighted by Crippen LogP contribution is 2.24. The number of thiazole rings is 1. The second-order valence-electron chi connectivity index (χ2n) is 7.88. The molecule has 0 atom stereocenters. The van der Waals surface area contributed by atoms with Gasteiger partial charge in [-0.05, 0) is 42.5 Å². The summed E-state index contributed by atoms with van der Waals surface area (Å²) in [5.41, 5.74) is 0.942. The van der Waals surface area contributed by atoms with Crippen molar-refractivity contribution in [3.05, 3.63) is 76.5 Å². The Morgan fingerprint density at radius 2 is 1.89 bits per heavy atom. The molecule has 0 bridgehead atoms. The number of amides is 2. The average molecular weight is 592 g/mol. The molecule has 38 heavy (non-hydrogen) atoms. The monoisotopic (exact) mass is 591 g/mol. The molecular formula is C23H22ClN7O4S3. The summed E-state index contributed by atoms with van der Waals surface area (Å²) < 4.78 is 27.3. The molecule has 0 saturated heterocycles. The van der Waals surface area contributed by atoms with Crippen LogP contribution >= 0.6 is 34.7 Å². The van der Waals surface area contributed by atoms with Crippen LogP contribution in [0.2, 0.25) is 5.02 Å². The van der Waals surface area contributed by atoms with Crippen molar-refractivity contribution in [2.24, 2.45) is 0 Å². The zero-order valence-electron chi connectivity index (χ0n) is 20.2. The number of benzene rings is 2. The van der Waals surface area contributed by atoms with Gasteiger partial charge in [-0.15, -0.1) is 21.5 Å². The molecule has 2 aromatic carbocycles. The number of anilines is 1. The molecule has 0 radical (unpaired) electrons. The summed E-state index contributed by atoms with van der Waals surface area (Å²) in [7, 11) is -0.730. The first-order valence-corrected chi connectivity index (χ1v) is 14.7. The van der Waals surface area contributed by atoms with Gasteiger partial charge in [0.15, 0.2) is 16.1 Å². The first kappa shape index (κ1) is 27.7. The number of carbonyl (C=O) groups excluding carboxylic acids is 2. The van der Waals surface area contributed by atoms with Crippen molar-refractivity contribution in [2.45, 2.75) is 16.6 Å². The SMILES string of the molecule is CN(C)S(=O)(=O)c1ccc(C(=O)NCc2nnc(SCC(=O)Nc3nccs3)n2-c2cccc(Cl)c2)cc1. The Labute approximate surface area is 232 Å². The summed E-state index contributed by atoms with van der Waals surface area (Å²) in [4.78, 5) is 29.2. The van der Waals surface area contributed by atoms with Crippen molar-refractivity contribution in [1.29, 1.82) is 0 Å². The average Bonchev–Trinajstić information content (AvgIpc) is 3.55. The highest BCUT2D eigenvalue weighted by Gasteiger charge is 2.19. The Hall–Kier alpha value is -3.30. The van der Waals surface area contributed by atoms with Gasteiger partial charge in [0.1, 0.15) is 0 Å². The number of hydrogen-bond donors (Lipinski definition) is 2. The number of rotatable bonds is 10. The standard InChI is InChI=1S/C23H22ClN7O4S3/c1-30(2)38(34,35)18-8-6-15(7-9-18)21(33)26-13-19-28-29-23(31(19)17-5-3-4-16(24)12-17)37-14-20(32)27-22-25-10-11-36-22/h3-12H,13-14H2,1-2H3,(H,26,33)(H,25,27,32). The Morgan fingerprint density at radius 1 is 1.13 bits per heavy atom. The normalized spacial score (nSPS) is 11.5. The molecule has 0 aliphatic rings. The zero-order valence-corrected chi connectivity index (χ0v) is 23.4. The minimum Gasteiger partial charge on any atom is -0.345 e. The molecule has 0 fully saturated rings. The minimum atomic E-state index is -3.60. The van der Waals surface area contributed by atoms with E-state index < -0.39 is 15.9 Å². The molecule has 0 aliphatic heterocycles. The third kappa shape index (κ3) is 6.57. The van der Waals surface area contributed by atoms with Crippen molar-refractivity contribution in [2.75, 3.05) is 25.2 Å². The molecule has 198 valence electrons. The lowest BCUT2D eigenvalue weighted by Crippen LogP contribution is -2.25. The molecule has 2 aromatic heterocycles. The Kier molecular flexibility index (Phi) is 8.79. The molecule has 2 N–H and O–H groups in total. The van der Waals surface area contributed by atoms with Gasteiger partial charge in [-0.3, -0.25) is 14.2 Å². The van der Waals surface area contributed by atoms with Crippen molar-refractivity contribution in [1.82, 2.24) is 29.4 Å². The van der Waals surface area contributed by atoms with E-state index in [1.807, 2.05) is 6.07 Å². The van der Waals surface area contributed by atoms with Gasteiger partial charge in [0.2, 0.25) is 15.9 Å². The van der Waals surface area contributed by atoms with Gasteiger partial charge in [-0.2, -0.15) is 0 Å². The van der Waals surface area contributed by atoms with E-state index in [0.29, 0.717) is 26.8 Å². The number of nitrogens with zero attached hydrogens (tertiary/aromatic N) is 5. The van der Waals surface area contributed by atoms with E-state index in [1.54, 1.807) is 34.3 Å². The highest BCUT2D eigenvalue weighted by molar-refractivity contribution is 7.99. The van der Waals surface area contributed by atoms with Crippen molar-refractivity contribution >= 4 is 61.7 Å².